The van der Waals surface area contributed by atoms with Gasteiger partial charge in [0.05, 0.1) is 23.5 Å². The number of nitrogens with one attached hydrogen (secondary N) is 1. The second-order valence-corrected chi connectivity index (χ2v) is 8.13. The van der Waals surface area contributed by atoms with E-state index in [1.807, 2.05) is 6.92 Å². The predicted molar refractivity (Wildman–Crippen MR) is 111 cm³/mol. The Morgan fingerprint density at radius 3 is 2.48 bits per heavy atom. The minimum atomic E-state index is -3.53. The van der Waals surface area contributed by atoms with Crippen LogP contribution < -0.4 is 14.4 Å². The van der Waals surface area contributed by atoms with Gasteiger partial charge in [-0.2, -0.15) is 0 Å². The summed E-state index contributed by atoms with van der Waals surface area (Å²) in [5.74, 6) is 0.284. The molecule has 0 aromatic heterocycles. The quantitative estimate of drug-likeness (QED) is 0.465. The third kappa shape index (κ3) is 6.75. The first-order valence-corrected chi connectivity index (χ1v) is 10.8. The number of hydrogen-bond donors (Lipinski definition) is 1. The smallest absolute Gasteiger partial charge is 0.271 e. The largest absolute Gasteiger partial charge is 0.494 e. The lowest BCUT2D eigenvalue weighted by molar-refractivity contribution is -0.384. The highest BCUT2D eigenvalue weighted by Gasteiger charge is 2.18. The van der Waals surface area contributed by atoms with Crippen LogP contribution in [0.2, 0.25) is 0 Å². The summed E-state index contributed by atoms with van der Waals surface area (Å²) in [4.78, 5) is 22.4. The van der Waals surface area contributed by atoms with Crippen LogP contribution in [0.5, 0.6) is 5.75 Å². The summed E-state index contributed by atoms with van der Waals surface area (Å²) in [6.45, 7) is 2.49. The van der Waals surface area contributed by atoms with Crippen LogP contribution in [-0.2, 0) is 14.8 Å². The first-order valence-electron chi connectivity index (χ1n) is 8.95. The van der Waals surface area contributed by atoms with Gasteiger partial charge in [0, 0.05) is 30.8 Å². The van der Waals surface area contributed by atoms with E-state index in [0.29, 0.717) is 23.7 Å². The van der Waals surface area contributed by atoms with E-state index < -0.39 is 14.9 Å². The van der Waals surface area contributed by atoms with E-state index in [9.17, 15) is 23.3 Å². The Kier molecular flexibility index (Phi) is 7.54. The average molecular weight is 421 g/mol. The molecule has 1 amide bonds. The van der Waals surface area contributed by atoms with Crippen molar-refractivity contribution in [2.24, 2.45) is 0 Å². The number of nitro benzene ring substituents is 1. The molecule has 2 aromatic carbocycles. The lowest BCUT2D eigenvalue weighted by Gasteiger charge is -2.22. The maximum Gasteiger partial charge on any atom is 0.271 e. The molecule has 2 aromatic rings. The number of carbonyl (C=O) groups is 1. The molecule has 2 rings (SSSR count). The van der Waals surface area contributed by atoms with E-state index in [1.165, 1.54) is 22.5 Å². The van der Waals surface area contributed by atoms with Crippen LogP contribution in [-0.4, -0.2) is 38.7 Å². The zero-order valence-corrected chi connectivity index (χ0v) is 17.0. The van der Waals surface area contributed by atoms with Crippen LogP contribution in [0.15, 0.2) is 48.5 Å². The number of anilines is 2. The first-order chi connectivity index (χ1) is 13.7. The molecule has 0 aliphatic carbocycles. The van der Waals surface area contributed by atoms with Gasteiger partial charge < -0.3 is 10.1 Å². The van der Waals surface area contributed by atoms with Gasteiger partial charge in [0.1, 0.15) is 5.75 Å². The van der Waals surface area contributed by atoms with Gasteiger partial charge in [-0.05, 0) is 43.7 Å². The monoisotopic (exact) mass is 421 g/mol. The number of nitro groups is 1. The van der Waals surface area contributed by atoms with E-state index in [4.69, 9.17) is 4.74 Å². The number of rotatable bonds is 10. The van der Waals surface area contributed by atoms with Gasteiger partial charge in [-0.25, -0.2) is 8.42 Å². The molecule has 156 valence electrons. The fourth-order valence-corrected chi connectivity index (χ4v) is 3.63. The number of non-ortho nitro benzene ring substituents is 1. The van der Waals surface area contributed by atoms with Crippen LogP contribution >= 0.6 is 0 Å². The molecule has 0 bridgehead atoms. The van der Waals surface area contributed by atoms with E-state index in [-0.39, 0.29) is 31.0 Å². The van der Waals surface area contributed by atoms with Crippen LogP contribution in [0.1, 0.15) is 19.8 Å². The molecule has 0 heterocycles. The molecule has 1 N–H and O–H groups in total. The molecular formula is C19H23N3O6S. The summed E-state index contributed by atoms with van der Waals surface area (Å²) in [6.07, 6.45) is 1.44. The number of amides is 1. The van der Waals surface area contributed by atoms with Gasteiger partial charge in [-0.3, -0.25) is 19.2 Å². The predicted octanol–water partition coefficient (Wildman–Crippen LogP) is 3.18. The Hall–Kier alpha value is -3.14. The van der Waals surface area contributed by atoms with Gasteiger partial charge >= 0.3 is 0 Å². The number of carbonyl (C=O) groups excluding carboxylic acids is 1. The number of nitrogens with zero attached hydrogens (tertiary/aromatic N) is 2. The standard InChI is InChI=1S/C19H23N3O6S/c1-3-28-18-11-9-16(10-12-18)21(29(2,26)27)13-5-8-19(23)20-15-6-4-7-17(14-15)22(24)25/h4,6-7,9-12,14H,3,5,8,13H2,1-2H3,(H,20,23). The zero-order chi connectivity index (χ0) is 21.4. The number of ether oxygens (including phenoxy) is 1. The molecule has 0 atom stereocenters. The van der Waals surface area contributed by atoms with E-state index >= 15 is 0 Å². The SMILES string of the molecule is CCOc1ccc(N(CCCC(=O)Nc2cccc([N+](=O)[O-])c2)S(C)(=O)=O)cc1. The molecular weight excluding hydrogens is 398 g/mol. The van der Waals surface area contributed by atoms with Crippen LogP contribution in [0, 0.1) is 10.1 Å². The van der Waals surface area contributed by atoms with Crippen LogP contribution in [0.25, 0.3) is 0 Å². The Bertz CT molecular complexity index is 960. The third-order valence-corrected chi connectivity index (χ3v) is 5.14. The maximum absolute atomic E-state index is 12.1. The third-order valence-electron chi connectivity index (χ3n) is 3.94. The van der Waals surface area contributed by atoms with E-state index in [0.717, 1.165) is 6.26 Å². The van der Waals surface area contributed by atoms with Crippen molar-refractivity contribution in [3.8, 4) is 5.75 Å². The Morgan fingerprint density at radius 1 is 1.21 bits per heavy atom. The summed E-state index contributed by atoms with van der Waals surface area (Å²) >= 11 is 0. The molecule has 29 heavy (non-hydrogen) atoms. The highest BCUT2D eigenvalue weighted by Crippen LogP contribution is 2.22. The van der Waals surface area contributed by atoms with Gasteiger partial charge in [0.25, 0.3) is 5.69 Å². The molecule has 0 spiro atoms. The number of sulfonamides is 1. The van der Waals surface area contributed by atoms with Gasteiger partial charge in [0.2, 0.25) is 15.9 Å². The Labute approximate surface area is 169 Å². The molecule has 9 nitrogen and oxygen atoms in total. The summed E-state index contributed by atoms with van der Waals surface area (Å²) in [7, 11) is -3.53. The van der Waals surface area contributed by atoms with Crippen molar-refractivity contribution in [2.75, 3.05) is 29.0 Å². The summed E-state index contributed by atoms with van der Waals surface area (Å²) in [6, 6.07) is 12.3. The van der Waals surface area contributed by atoms with Gasteiger partial charge in [-0.15, -0.1) is 0 Å². The van der Waals surface area contributed by atoms with Crippen molar-refractivity contribution in [1.29, 1.82) is 0 Å². The fourth-order valence-electron chi connectivity index (χ4n) is 2.67. The van der Waals surface area contributed by atoms with E-state index in [1.54, 1.807) is 30.3 Å². The van der Waals surface area contributed by atoms with Crippen molar-refractivity contribution in [3.63, 3.8) is 0 Å². The second kappa shape index (κ2) is 9.87. The van der Waals surface area contributed by atoms with Crippen LogP contribution in [0.4, 0.5) is 17.1 Å². The molecule has 0 saturated heterocycles. The van der Waals surface area contributed by atoms with Crippen molar-refractivity contribution in [2.45, 2.75) is 19.8 Å². The Balaban J connectivity index is 1.97. The molecule has 0 aliphatic rings. The number of benzene rings is 2. The second-order valence-electron chi connectivity index (χ2n) is 6.22. The van der Waals surface area contributed by atoms with Crippen molar-refractivity contribution in [1.82, 2.24) is 0 Å². The highest BCUT2D eigenvalue weighted by atomic mass is 32.2. The maximum atomic E-state index is 12.1. The first kappa shape index (κ1) is 22.2. The van der Waals surface area contributed by atoms with Gasteiger partial charge in [0.15, 0.2) is 0 Å². The van der Waals surface area contributed by atoms with Crippen molar-refractivity contribution in [3.05, 3.63) is 58.6 Å². The van der Waals surface area contributed by atoms with Crippen molar-refractivity contribution < 1.29 is 22.9 Å². The number of hydrogen-bond acceptors (Lipinski definition) is 6. The molecule has 0 saturated carbocycles. The minimum Gasteiger partial charge on any atom is -0.494 e. The summed E-state index contributed by atoms with van der Waals surface area (Å²) in [5, 5.41) is 13.4. The van der Waals surface area contributed by atoms with E-state index in [2.05, 4.69) is 5.32 Å². The molecule has 10 heteroatoms. The highest BCUT2D eigenvalue weighted by molar-refractivity contribution is 7.92. The topological polar surface area (TPSA) is 119 Å². The minimum absolute atomic E-state index is 0.0613. The fraction of sp³-hybridized carbons (Fsp3) is 0.316. The molecule has 0 fully saturated rings. The zero-order valence-electron chi connectivity index (χ0n) is 16.2. The van der Waals surface area contributed by atoms with Crippen LogP contribution in [0.3, 0.4) is 0 Å². The molecule has 0 aliphatic heterocycles. The Morgan fingerprint density at radius 2 is 1.90 bits per heavy atom. The molecule has 0 radical (unpaired) electrons. The molecule has 0 unspecified atom stereocenters. The lowest BCUT2D eigenvalue weighted by Crippen LogP contribution is -2.31. The normalized spacial score (nSPS) is 11.0. The lowest BCUT2D eigenvalue weighted by atomic mass is 10.2. The average Bonchev–Trinajstić information content (AvgIpc) is 2.65. The summed E-state index contributed by atoms with van der Waals surface area (Å²) < 4.78 is 30.9. The van der Waals surface area contributed by atoms with Crippen molar-refractivity contribution >= 4 is 33.0 Å². The summed E-state index contributed by atoms with van der Waals surface area (Å²) in [5.41, 5.74) is 0.673. The van der Waals surface area contributed by atoms with Gasteiger partial charge in [-0.1, -0.05) is 6.07 Å².